The Labute approximate surface area is 187 Å². The fraction of sp³-hybridized carbons (Fsp3) is 0.577. The highest BCUT2D eigenvalue weighted by Crippen LogP contribution is 2.33. The Morgan fingerprint density at radius 2 is 1.90 bits per heavy atom. The highest BCUT2D eigenvalue weighted by molar-refractivity contribution is 5.58. The van der Waals surface area contributed by atoms with E-state index in [0.717, 1.165) is 32.6 Å². The zero-order valence-corrected chi connectivity index (χ0v) is 19.3. The molecule has 5 nitrogen and oxygen atoms in total. The van der Waals surface area contributed by atoms with E-state index in [1.807, 2.05) is 6.20 Å². The van der Waals surface area contributed by atoms with Crippen LogP contribution in [-0.2, 0) is 19.4 Å². The van der Waals surface area contributed by atoms with Gasteiger partial charge in [0, 0.05) is 56.2 Å². The van der Waals surface area contributed by atoms with E-state index in [1.165, 1.54) is 41.8 Å². The molecule has 1 aliphatic carbocycles. The summed E-state index contributed by atoms with van der Waals surface area (Å²) in [6, 6.07) is 13.2. The van der Waals surface area contributed by atoms with E-state index < -0.39 is 0 Å². The molecule has 1 aromatic heterocycles. The van der Waals surface area contributed by atoms with Crippen LogP contribution >= 0.6 is 0 Å². The maximum Gasteiger partial charge on any atom is 0.0607 e. The molecule has 3 heterocycles. The minimum Gasteiger partial charge on any atom is -0.368 e. The first-order valence-electron chi connectivity index (χ1n) is 12.1. The van der Waals surface area contributed by atoms with E-state index in [0.29, 0.717) is 24.2 Å². The maximum atomic E-state index is 4.77. The van der Waals surface area contributed by atoms with Crippen molar-refractivity contribution in [3.8, 4) is 0 Å². The quantitative estimate of drug-likeness (QED) is 0.796. The number of aromatic nitrogens is 1. The second-order valence-electron chi connectivity index (χ2n) is 9.97. The van der Waals surface area contributed by atoms with E-state index in [2.05, 4.69) is 71.7 Å². The number of aryl methyl sites for hydroxylation is 1. The van der Waals surface area contributed by atoms with E-state index in [1.54, 1.807) is 5.56 Å². The zero-order valence-electron chi connectivity index (χ0n) is 19.3. The third-order valence-electron chi connectivity index (χ3n) is 7.38. The van der Waals surface area contributed by atoms with Crippen molar-refractivity contribution in [1.82, 2.24) is 20.5 Å². The first kappa shape index (κ1) is 20.9. The normalized spacial score (nSPS) is 28.3. The molecule has 1 fully saturated rings. The molecule has 0 spiro atoms. The van der Waals surface area contributed by atoms with Crippen LogP contribution in [0.15, 0.2) is 36.5 Å². The summed E-state index contributed by atoms with van der Waals surface area (Å²) < 4.78 is 0. The Bertz CT molecular complexity index is 902. The summed E-state index contributed by atoms with van der Waals surface area (Å²) in [7, 11) is 2.29. The number of rotatable bonds is 4. The summed E-state index contributed by atoms with van der Waals surface area (Å²) in [6.45, 7) is 8.80. The number of fused-ring (bicyclic) bond motifs is 2. The Morgan fingerprint density at radius 1 is 1.10 bits per heavy atom. The Balaban J connectivity index is 1.32. The highest BCUT2D eigenvalue weighted by atomic mass is 15.2. The molecule has 0 saturated carbocycles. The van der Waals surface area contributed by atoms with Crippen LogP contribution in [0.5, 0.6) is 0 Å². The van der Waals surface area contributed by atoms with Crippen LogP contribution < -0.4 is 15.5 Å². The monoisotopic (exact) mass is 419 g/mol. The molecule has 4 atom stereocenters. The lowest BCUT2D eigenvalue weighted by atomic mass is 9.89. The SMILES string of the molecule is C[C@@H]1CN(c2cccc3c2C[C@@H](CN(C)[C@H]2CCCc4cccnc42)NC3)C[C@@H](C)N1. The minimum atomic E-state index is 0.443. The minimum absolute atomic E-state index is 0.443. The van der Waals surface area contributed by atoms with Crippen LogP contribution in [0.4, 0.5) is 5.69 Å². The van der Waals surface area contributed by atoms with E-state index in [9.17, 15) is 0 Å². The van der Waals surface area contributed by atoms with Crippen molar-refractivity contribution in [3.63, 3.8) is 0 Å². The molecule has 0 bridgehead atoms. The molecule has 2 N–H and O–H groups in total. The van der Waals surface area contributed by atoms with E-state index in [4.69, 9.17) is 4.98 Å². The summed E-state index contributed by atoms with van der Waals surface area (Å²) in [5, 5.41) is 7.50. The van der Waals surface area contributed by atoms with Gasteiger partial charge in [-0.25, -0.2) is 0 Å². The number of piperazine rings is 1. The van der Waals surface area contributed by atoms with Crippen molar-refractivity contribution in [3.05, 3.63) is 58.9 Å². The van der Waals surface area contributed by atoms with Gasteiger partial charge in [-0.2, -0.15) is 0 Å². The lowest BCUT2D eigenvalue weighted by Gasteiger charge is -2.41. The van der Waals surface area contributed by atoms with Gasteiger partial charge in [-0.3, -0.25) is 9.88 Å². The van der Waals surface area contributed by atoms with Gasteiger partial charge in [0.25, 0.3) is 0 Å². The van der Waals surface area contributed by atoms with E-state index >= 15 is 0 Å². The number of anilines is 1. The number of likely N-dealkylation sites (N-methyl/N-ethyl adjacent to an activating group) is 1. The van der Waals surface area contributed by atoms with Crippen LogP contribution in [0.2, 0.25) is 0 Å². The van der Waals surface area contributed by atoms with Gasteiger partial charge in [0.05, 0.1) is 11.7 Å². The molecule has 5 heteroatoms. The fourth-order valence-corrected chi connectivity index (χ4v) is 6.03. The van der Waals surface area contributed by atoms with Crippen molar-refractivity contribution in [2.75, 3.05) is 31.6 Å². The number of hydrogen-bond donors (Lipinski definition) is 2. The molecule has 2 aromatic rings. The third kappa shape index (κ3) is 4.36. The van der Waals surface area contributed by atoms with Crippen molar-refractivity contribution in [1.29, 1.82) is 0 Å². The second-order valence-corrected chi connectivity index (χ2v) is 9.97. The first-order valence-corrected chi connectivity index (χ1v) is 12.1. The van der Waals surface area contributed by atoms with Crippen molar-refractivity contribution < 1.29 is 0 Å². The lowest BCUT2D eigenvalue weighted by molar-refractivity contribution is 0.191. The van der Waals surface area contributed by atoms with Crippen LogP contribution in [0, 0.1) is 0 Å². The molecular formula is C26H37N5. The van der Waals surface area contributed by atoms with Crippen molar-refractivity contribution >= 4 is 5.69 Å². The standard InChI is InChI=1S/C26H37N5/c1-18-15-31(16-19(2)29-18)24-10-5-8-21-14-28-22(13-23(21)24)17-30(3)25-11-4-7-20-9-6-12-27-26(20)25/h5-6,8-10,12,18-19,22,25,28-29H,4,7,11,13-17H2,1-3H3/t18-,19-,22+,25+/m1/s1. The second kappa shape index (κ2) is 8.89. The fourth-order valence-electron chi connectivity index (χ4n) is 6.03. The molecule has 0 amide bonds. The van der Waals surface area contributed by atoms with Gasteiger partial charge in [0.2, 0.25) is 0 Å². The highest BCUT2D eigenvalue weighted by Gasteiger charge is 2.30. The Hall–Kier alpha value is -1.95. The van der Waals surface area contributed by atoms with Crippen LogP contribution in [0.3, 0.4) is 0 Å². The Kier molecular flexibility index (Phi) is 6.00. The third-order valence-corrected chi connectivity index (χ3v) is 7.38. The molecule has 0 radical (unpaired) electrons. The molecular weight excluding hydrogens is 382 g/mol. The molecule has 3 aliphatic rings. The molecule has 2 aliphatic heterocycles. The zero-order chi connectivity index (χ0) is 21.4. The van der Waals surface area contributed by atoms with Gasteiger partial charge in [-0.05, 0) is 75.4 Å². The number of pyridine rings is 1. The number of benzene rings is 1. The Morgan fingerprint density at radius 3 is 2.74 bits per heavy atom. The van der Waals surface area contributed by atoms with Crippen molar-refractivity contribution in [2.45, 2.75) is 70.2 Å². The average Bonchev–Trinajstić information content (AvgIpc) is 2.77. The predicted molar refractivity (Wildman–Crippen MR) is 128 cm³/mol. The van der Waals surface area contributed by atoms with Crippen LogP contribution in [-0.4, -0.2) is 54.7 Å². The van der Waals surface area contributed by atoms with Gasteiger partial charge in [0.15, 0.2) is 0 Å². The summed E-state index contributed by atoms with van der Waals surface area (Å²) >= 11 is 0. The number of hydrogen-bond acceptors (Lipinski definition) is 5. The van der Waals surface area contributed by atoms with Gasteiger partial charge in [0.1, 0.15) is 0 Å². The topological polar surface area (TPSA) is 43.4 Å². The number of nitrogens with one attached hydrogen (secondary N) is 2. The summed E-state index contributed by atoms with van der Waals surface area (Å²) in [4.78, 5) is 9.92. The van der Waals surface area contributed by atoms with Crippen molar-refractivity contribution in [2.24, 2.45) is 0 Å². The van der Waals surface area contributed by atoms with Gasteiger partial charge < -0.3 is 15.5 Å². The molecule has 5 rings (SSSR count). The van der Waals surface area contributed by atoms with Gasteiger partial charge >= 0.3 is 0 Å². The number of nitrogens with zero attached hydrogens (tertiary/aromatic N) is 3. The summed E-state index contributed by atoms with van der Waals surface area (Å²) in [5.74, 6) is 0. The first-order chi connectivity index (χ1) is 15.1. The summed E-state index contributed by atoms with van der Waals surface area (Å²) in [6.07, 6.45) is 6.71. The van der Waals surface area contributed by atoms with Crippen LogP contribution in [0.25, 0.3) is 0 Å². The van der Waals surface area contributed by atoms with Crippen LogP contribution in [0.1, 0.15) is 55.1 Å². The molecule has 1 aromatic carbocycles. The largest absolute Gasteiger partial charge is 0.368 e. The maximum absolute atomic E-state index is 4.77. The average molecular weight is 420 g/mol. The molecule has 1 saturated heterocycles. The lowest BCUT2D eigenvalue weighted by Crippen LogP contribution is -2.55. The molecule has 31 heavy (non-hydrogen) atoms. The summed E-state index contributed by atoms with van der Waals surface area (Å²) in [5.41, 5.74) is 7.23. The molecule has 0 unspecified atom stereocenters. The van der Waals surface area contributed by atoms with E-state index in [-0.39, 0.29) is 0 Å². The van der Waals surface area contributed by atoms with Gasteiger partial charge in [-0.15, -0.1) is 0 Å². The van der Waals surface area contributed by atoms with Gasteiger partial charge in [-0.1, -0.05) is 18.2 Å². The molecule has 166 valence electrons. The predicted octanol–water partition coefficient (Wildman–Crippen LogP) is 3.29. The smallest absolute Gasteiger partial charge is 0.0607 e.